The molecule has 1 amide bonds. The third-order valence-electron chi connectivity index (χ3n) is 3.22. The van der Waals surface area contributed by atoms with Crippen LogP contribution in [0.1, 0.15) is 28.8 Å². The van der Waals surface area contributed by atoms with Crippen molar-refractivity contribution < 1.29 is 14.7 Å². The number of amides is 1. The fourth-order valence-corrected chi connectivity index (χ4v) is 3.43. The average molecular weight is 326 g/mol. The first-order chi connectivity index (χ1) is 10.1. The third-order valence-corrected chi connectivity index (χ3v) is 4.60. The van der Waals surface area contributed by atoms with Gasteiger partial charge in [-0.05, 0) is 48.1 Å². The van der Waals surface area contributed by atoms with E-state index in [1.165, 1.54) is 6.08 Å². The summed E-state index contributed by atoms with van der Waals surface area (Å²) in [4.78, 5) is 22.6. The molecule has 0 radical (unpaired) electrons. The van der Waals surface area contributed by atoms with Crippen LogP contribution in [0.25, 0.3) is 6.08 Å². The van der Waals surface area contributed by atoms with Gasteiger partial charge in [0.2, 0.25) is 0 Å². The molecule has 0 bridgehead atoms. The second-order valence-corrected chi connectivity index (χ2v) is 6.40. The molecule has 1 aromatic rings. The number of carbonyl (C=O) groups is 2. The number of halogens is 1. The van der Waals surface area contributed by atoms with Crippen molar-refractivity contribution in [1.82, 2.24) is 5.32 Å². The van der Waals surface area contributed by atoms with Gasteiger partial charge in [0.15, 0.2) is 0 Å². The number of benzene rings is 1. The van der Waals surface area contributed by atoms with E-state index in [1.54, 1.807) is 18.2 Å². The Morgan fingerprint density at radius 3 is 2.67 bits per heavy atom. The van der Waals surface area contributed by atoms with Crippen LogP contribution in [0.2, 0.25) is 5.02 Å². The number of hydrogen-bond donors (Lipinski definition) is 2. The first-order valence-electron chi connectivity index (χ1n) is 6.65. The summed E-state index contributed by atoms with van der Waals surface area (Å²) in [6, 6.07) is 5.09. The summed E-state index contributed by atoms with van der Waals surface area (Å²) in [5, 5.41) is 12.0. The standard InChI is InChI=1S/C15H16ClNO3S/c16-13-9-11(2-1-10(13)3-4-14(18)19)15(20)17-12-5-7-21-8-6-12/h1-4,9,12H,5-8H2,(H,17,20)(H,18,19)/b4-3+. The minimum absolute atomic E-state index is 0.137. The molecule has 0 aliphatic carbocycles. The molecule has 0 aromatic heterocycles. The molecular weight excluding hydrogens is 310 g/mol. The quantitative estimate of drug-likeness (QED) is 0.835. The summed E-state index contributed by atoms with van der Waals surface area (Å²) in [5.41, 5.74) is 1.07. The van der Waals surface area contributed by atoms with Gasteiger partial charge in [-0.2, -0.15) is 11.8 Å². The Morgan fingerprint density at radius 1 is 1.33 bits per heavy atom. The highest BCUT2D eigenvalue weighted by Crippen LogP contribution is 2.21. The van der Waals surface area contributed by atoms with Gasteiger partial charge >= 0.3 is 5.97 Å². The lowest BCUT2D eigenvalue weighted by Crippen LogP contribution is -2.37. The van der Waals surface area contributed by atoms with Gasteiger partial charge in [-0.3, -0.25) is 4.79 Å². The highest BCUT2D eigenvalue weighted by atomic mass is 35.5. The Balaban J connectivity index is 2.04. The molecule has 1 aliphatic heterocycles. The van der Waals surface area contributed by atoms with E-state index < -0.39 is 5.97 Å². The van der Waals surface area contributed by atoms with E-state index in [2.05, 4.69) is 5.32 Å². The van der Waals surface area contributed by atoms with Crippen molar-refractivity contribution in [3.8, 4) is 0 Å². The lowest BCUT2D eigenvalue weighted by atomic mass is 10.1. The van der Waals surface area contributed by atoms with Crippen molar-refractivity contribution in [3.05, 3.63) is 40.4 Å². The van der Waals surface area contributed by atoms with Crippen molar-refractivity contribution in [3.63, 3.8) is 0 Å². The van der Waals surface area contributed by atoms with Crippen LogP contribution in [0.15, 0.2) is 24.3 Å². The lowest BCUT2D eigenvalue weighted by Gasteiger charge is -2.22. The Labute approximate surface area is 132 Å². The zero-order valence-electron chi connectivity index (χ0n) is 11.3. The third kappa shape index (κ3) is 4.79. The van der Waals surface area contributed by atoms with Crippen LogP contribution in [0, 0.1) is 0 Å². The van der Waals surface area contributed by atoms with E-state index in [-0.39, 0.29) is 11.9 Å². The molecule has 0 saturated carbocycles. The van der Waals surface area contributed by atoms with Crippen LogP contribution in [-0.4, -0.2) is 34.5 Å². The smallest absolute Gasteiger partial charge is 0.328 e. The molecule has 1 aromatic carbocycles. The van der Waals surface area contributed by atoms with E-state index in [1.807, 2.05) is 11.8 Å². The van der Waals surface area contributed by atoms with Crippen LogP contribution in [0.4, 0.5) is 0 Å². The predicted molar refractivity (Wildman–Crippen MR) is 85.9 cm³/mol. The van der Waals surface area contributed by atoms with Crippen molar-refractivity contribution in [2.24, 2.45) is 0 Å². The molecule has 0 spiro atoms. The molecular formula is C15H16ClNO3S. The van der Waals surface area contributed by atoms with E-state index in [0.29, 0.717) is 16.1 Å². The van der Waals surface area contributed by atoms with Gasteiger partial charge in [0.25, 0.3) is 5.91 Å². The van der Waals surface area contributed by atoms with E-state index >= 15 is 0 Å². The fraction of sp³-hybridized carbons (Fsp3) is 0.333. The number of hydrogen-bond acceptors (Lipinski definition) is 3. The highest BCUT2D eigenvalue weighted by Gasteiger charge is 2.17. The number of aliphatic carboxylic acids is 1. The lowest BCUT2D eigenvalue weighted by molar-refractivity contribution is -0.131. The molecule has 1 saturated heterocycles. The van der Waals surface area contributed by atoms with Crippen LogP contribution < -0.4 is 5.32 Å². The highest BCUT2D eigenvalue weighted by molar-refractivity contribution is 7.99. The van der Waals surface area contributed by atoms with Gasteiger partial charge in [-0.1, -0.05) is 17.7 Å². The van der Waals surface area contributed by atoms with Gasteiger partial charge < -0.3 is 10.4 Å². The van der Waals surface area contributed by atoms with Crippen molar-refractivity contribution in [2.75, 3.05) is 11.5 Å². The summed E-state index contributed by atoms with van der Waals surface area (Å²) < 4.78 is 0. The Hall–Kier alpha value is -1.46. The molecule has 0 unspecified atom stereocenters. The van der Waals surface area contributed by atoms with E-state index in [4.69, 9.17) is 16.7 Å². The van der Waals surface area contributed by atoms with Crippen LogP contribution in [0.5, 0.6) is 0 Å². The molecule has 21 heavy (non-hydrogen) atoms. The predicted octanol–water partition coefficient (Wildman–Crippen LogP) is 3.06. The second kappa shape index (κ2) is 7.52. The summed E-state index contributed by atoms with van der Waals surface area (Å²) in [6.45, 7) is 0. The van der Waals surface area contributed by atoms with Gasteiger partial charge in [0, 0.05) is 22.7 Å². The minimum Gasteiger partial charge on any atom is -0.478 e. The Kier molecular flexibility index (Phi) is 5.70. The second-order valence-electron chi connectivity index (χ2n) is 4.77. The van der Waals surface area contributed by atoms with Crippen LogP contribution >= 0.6 is 23.4 Å². The van der Waals surface area contributed by atoms with Gasteiger partial charge in [-0.15, -0.1) is 0 Å². The summed E-state index contributed by atoms with van der Waals surface area (Å²) in [6.07, 6.45) is 4.40. The van der Waals surface area contributed by atoms with E-state index in [0.717, 1.165) is 30.4 Å². The first-order valence-corrected chi connectivity index (χ1v) is 8.18. The maximum atomic E-state index is 12.2. The summed E-state index contributed by atoms with van der Waals surface area (Å²) >= 11 is 7.98. The fourth-order valence-electron chi connectivity index (χ4n) is 2.08. The largest absolute Gasteiger partial charge is 0.478 e. The van der Waals surface area contributed by atoms with Gasteiger partial charge in [0.1, 0.15) is 0 Å². The molecule has 4 nitrogen and oxygen atoms in total. The summed E-state index contributed by atoms with van der Waals surface area (Å²) in [7, 11) is 0. The topological polar surface area (TPSA) is 66.4 Å². The number of carboxylic acid groups (broad SMARTS) is 1. The van der Waals surface area contributed by atoms with Crippen molar-refractivity contribution >= 4 is 41.3 Å². The molecule has 0 atom stereocenters. The zero-order chi connectivity index (χ0) is 15.2. The monoisotopic (exact) mass is 325 g/mol. The summed E-state index contributed by atoms with van der Waals surface area (Å²) in [5.74, 6) is 0.973. The van der Waals surface area contributed by atoms with E-state index in [9.17, 15) is 9.59 Å². The molecule has 112 valence electrons. The molecule has 6 heteroatoms. The van der Waals surface area contributed by atoms with Crippen molar-refractivity contribution in [1.29, 1.82) is 0 Å². The molecule has 2 rings (SSSR count). The van der Waals surface area contributed by atoms with Gasteiger partial charge in [0.05, 0.1) is 0 Å². The van der Waals surface area contributed by atoms with Crippen LogP contribution in [0.3, 0.4) is 0 Å². The SMILES string of the molecule is O=C(O)/C=C/c1ccc(C(=O)NC2CCSCC2)cc1Cl. The molecule has 2 N–H and O–H groups in total. The Bertz CT molecular complexity index is 568. The number of thioether (sulfide) groups is 1. The normalized spacial score (nSPS) is 16.0. The first kappa shape index (κ1) is 15.9. The maximum absolute atomic E-state index is 12.2. The molecule has 1 heterocycles. The zero-order valence-corrected chi connectivity index (χ0v) is 12.9. The minimum atomic E-state index is -1.04. The number of rotatable bonds is 4. The Morgan fingerprint density at radius 2 is 2.05 bits per heavy atom. The number of carbonyl (C=O) groups excluding carboxylic acids is 1. The average Bonchev–Trinajstić information content (AvgIpc) is 2.46. The number of nitrogens with one attached hydrogen (secondary N) is 1. The molecule has 1 aliphatic rings. The van der Waals surface area contributed by atoms with Gasteiger partial charge in [-0.25, -0.2) is 4.79 Å². The van der Waals surface area contributed by atoms with Crippen LogP contribution in [-0.2, 0) is 4.79 Å². The maximum Gasteiger partial charge on any atom is 0.328 e. The number of carboxylic acids is 1. The van der Waals surface area contributed by atoms with Crippen molar-refractivity contribution in [2.45, 2.75) is 18.9 Å². The molecule has 1 fully saturated rings.